The van der Waals surface area contributed by atoms with Crippen LogP contribution in [0.2, 0.25) is 0 Å². The number of Topliss-reactive ketones (excluding diaryl/α,β-unsaturated/α-hetero) is 1. The van der Waals surface area contributed by atoms with Crippen LogP contribution in [0.25, 0.3) is 0 Å². The largest absolute Gasteiger partial charge is 0.384 e. The van der Waals surface area contributed by atoms with Gasteiger partial charge in [0.15, 0.2) is 12.1 Å². The maximum atomic E-state index is 13.4. The molecule has 0 bridgehead atoms. The van der Waals surface area contributed by atoms with E-state index in [0.717, 1.165) is 37.7 Å². The molecule has 6 nitrogen and oxygen atoms in total. The van der Waals surface area contributed by atoms with Crippen LogP contribution in [0.3, 0.4) is 0 Å². The Labute approximate surface area is 175 Å². The zero-order valence-electron chi connectivity index (χ0n) is 17.4. The molecular weight excluding hydrogens is 390 g/mol. The van der Waals surface area contributed by atoms with Gasteiger partial charge in [0, 0.05) is 12.3 Å². The van der Waals surface area contributed by atoms with Crippen molar-refractivity contribution in [3.63, 3.8) is 0 Å². The molecule has 1 N–H and O–H groups in total. The molecule has 5 rings (SSSR count). The molecule has 3 fully saturated rings. The third-order valence-corrected chi connectivity index (χ3v) is 9.02. The minimum absolute atomic E-state index is 0.0114. The monoisotopic (exact) mass is 420 g/mol. The first-order chi connectivity index (χ1) is 14.3. The van der Waals surface area contributed by atoms with Gasteiger partial charge in [-0.1, -0.05) is 18.6 Å². The number of hydrogen-bond acceptors (Lipinski definition) is 5. The molecule has 4 aliphatic carbocycles. The molecule has 0 radical (unpaired) electrons. The van der Waals surface area contributed by atoms with E-state index in [1.807, 2.05) is 0 Å². The Bertz CT molecular complexity index is 844. The van der Waals surface area contributed by atoms with Gasteiger partial charge in [-0.05, 0) is 79.2 Å². The van der Waals surface area contributed by atoms with Gasteiger partial charge in [0.25, 0.3) is 6.43 Å². The fourth-order valence-corrected chi connectivity index (χ4v) is 7.55. The summed E-state index contributed by atoms with van der Waals surface area (Å²) in [6.45, 7) is 2.47. The van der Waals surface area contributed by atoms with Gasteiger partial charge in [-0.25, -0.2) is 8.78 Å². The summed E-state index contributed by atoms with van der Waals surface area (Å²) < 4.78 is 26.7. The molecule has 7 atom stereocenters. The van der Waals surface area contributed by atoms with Gasteiger partial charge in [0.2, 0.25) is 0 Å². The minimum atomic E-state index is -2.69. The van der Waals surface area contributed by atoms with E-state index in [4.69, 9.17) is 0 Å². The predicted molar refractivity (Wildman–Crippen MR) is 104 cm³/mol. The van der Waals surface area contributed by atoms with Crippen molar-refractivity contribution in [2.45, 2.75) is 76.9 Å². The van der Waals surface area contributed by atoms with E-state index >= 15 is 0 Å². The molecule has 1 aromatic heterocycles. The van der Waals surface area contributed by atoms with E-state index in [-0.39, 0.29) is 36.5 Å². The summed E-state index contributed by atoms with van der Waals surface area (Å²) in [5.74, 6) is 2.04. The third-order valence-electron chi connectivity index (χ3n) is 9.02. The van der Waals surface area contributed by atoms with Gasteiger partial charge in [-0.3, -0.25) is 4.79 Å². The van der Waals surface area contributed by atoms with Crippen molar-refractivity contribution in [2.75, 3.05) is 0 Å². The lowest BCUT2D eigenvalue weighted by Crippen LogP contribution is -2.50. The molecule has 164 valence electrons. The highest BCUT2D eigenvalue weighted by Crippen LogP contribution is 2.63. The van der Waals surface area contributed by atoms with Crippen molar-refractivity contribution in [3.05, 3.63) is 18.0 Å². The summed E-state index contributed by atoms with van der Waals surface area (Å²) in [5, 5.41) is 21.8. The summed E-state index contributed by atoms with van der Waals surface area (Å²) in [6.07, 6.45) is 6.66. The first kappa shape index (κ1) is 20.2. The number of carbonyl (C=O) groups excluding carboxylic acids is 1. The van der Waals surface area contributed by atoms with E-state index in [9.17, 15) is 18.7 Å². The predicted octanol–water partition coefficient (Wildman–Crippen LogP) is 3.43. The highest BCUT2D eigenvalue weighted by atomic mass is 19.3. The number of alkyl halides is 2. The number of tetrazole rings is 1. The summed E-state index contributed by atoms with van der Waals surface area (Å²) in [5.41, 5.74) is -0.807. The van der Waals surface area contributed by atoms with E-state index in [1.54, 1.807) is 0 Å². The molecular formula is C22H30F2N4O2. The van der Waals surface area contributed by atoms with Crippen LogP contribution in [-0.2, 0) is 11.3 Å². The number of halogens is 2. The molecule has 4 aliphatic rings. The molecule has 1 aromatic rings. The Hall–Kier alpha value is -1.70. The Morgan fingerprint density at radius 3 is 2.83 bits per heavy atom. The van der Waals surface area contributed by atoms with Crippen molar-refractivity contribution in [1.29, 1.82) is 0 Å². The van der Waals surface area contributed by atoms with Crippen LogP contribution >= 0.6 is 0 Å². The number of aliphatic hydroxyl groups is 1. The van der Waals surface area contributed by atoms with E-state index in [1.165, 1.54) is 11.1 Å². The van der Waals surface area contributed by atoms with Crippen LogP contribution in [0, 0.1) is 35.0 Å². The number of carbonyl (C=O) groups is 1. The fourth-order valence-electron chi connectivity index (χ4n) is 7.55. The average Bonchev–Trinajstić information content (AvgIpc) is 3.34. The van der Waals surface area contributed by atoms with Crippen molar-refractivity contribution in [3.8, 4) is 0 Å². The number of aromatic nitrogens is 4. The van der Waals surface area contributed by atoms with E-state index in [0.29, 0.717) is 30.1 Å². The maximum Gasteiger partial charge on any atom is 0.267 e. The zero-order chi connectivity index (χ0) is 21.1. The third kappa shape index (κ3) is 3.05. The lowest BCUT2D eigenvalue weighted by Gasteiger charge is -2.54. The van der Waals surface area contributed by atoms with Crippen LogP contribution < -0.4 is 0 Å². The lowest BCUT2D eigenvalue weighted by atomic mass is 9.51. The summed E-state index contributed by atoms with van der Waals surface area (Å²) in [7, 11) is 0. The average molecular weight is 421 g/mol. The zero-order valence-corrected chi connectivity index (χ0v) is 17.4. The van der Waals surface area contributed by atoms with Crippen molar-refractivity contribution >= 4 is 5.78 Å². The topological polar surface area (TPSA) is 80.9 Å². The molecule has 0 spiro atoms. The summed E-state index contributed by atoms with van der Waals surface area (Å²) in [4.78, 5) is 14.4. The number of rotatable bonds is 4. The van der Waals surface area contributed by atoms with Crippen LogP contribution in [0.15, 0.2) is 18.0 Å². The molecule has 7 unspecified atom stereocenters. The second kappa shape index (κ2) is 7.18. The summed E-state index contributed by atoms with van der Waals surface area (Å²) in [6, 6.07) is 0. The Morgan fingerprint density at radius 2 is 2.10 bits per heavy atom. The first-order valence-electron chi connectivity index (χ1n) is 11.2. The lowest BCUT2D eigenvalue weighted by molar-refractivity contribution is -0.131. The fraction of sp³-hybridized carbons (Fsp3) is 0.818. The standard InChI is InChI=1S/C22H30F2N4O2/c1-21-8-6-15-14-7-9-22(30,20(23)24)10-13(14)2-3-16(15)17(21)4-5-18(21)19(29)11-28-26-12-25-27-28/h2,12,14-18,20,30H,3-11H2,1H3. The van der Waals surface area contributed by atoms with Crippen LogP contribution in [0.5, 0.6) is 0 Å². The summed E-state index contributed by atoms with van der Waals surface area (Å²) >= 11 is 0. The molecule has 8 heteroatoms. The maximum absolute atomic E-state index is 13.4. The van der Waals surface area contributed by atoms with Crippen molar-refractivity contribution in [2.24, 2.45) is 35.0 Å². The van der Waals surface area contributed by atoms with Crippen LogP contribution in [0.1, 0.15) is 58.3 Å². The number of allylic oxidation sites excluding steroid dienone is 1. The Kier molecular flexibility index (Phi) is 4.84. The number of hydrogen-bond donors (Lipinski definition) is 1. The second-order valence-electron chi connectivity index (χ2n) is 10.3. The van der Waals surface area contributed by atoms with Crippen molar-refractivity contribution in [1.82, 2.24) is 20.2 Å². The molecule has 30 heavy (non-hydrogen) atoms. The molecule has 0 amide bonds. The highest BCUT2D eigenvalue weighted by molar-refractivity contribution is 5.81. The van der Waals surface area contributed by atoms with E-state index in [2.05, 4.69) is 28.4 Å². The quantitative estimate of drug-likeness (QED) is 0.755. The normalized spacial score (nSPS) is 43.0. The van der Waals surface area contributed by atoms with Gasteiger partial charge in [-0.15, -0.1) is 10.2 Å². The first-order valence-corrected chi connectivity index (χ1v) is 11.2. The van der Waals surface area contributed by atoms with Crippen molar-refractivity contribution < 1.29 is 18.7 Å². The second-order valence-corrected chi connectivity index (χ2v) is 10.3. The number of nitrogens with zero attached hydrogens (tertiary/aromatic N) is 4. The van der Waals surface area contributed by atoms with Gasteiger partial charge in [0.1, 0.15) is 12.1 Å². The molecule has 1 heterocycles. The van der Waals surface area contributed by atoms with Gasteiger partial charge in [0.05, 0.1) is 0 Å². The van der Waals surface area contributed by atoms with Crippen LogP contribution in [0.4, 0.5) is 8.78 Å². The minimum Gasteiger partial charge on any atom is -0.384 e. The van der Waals surface area contributed by atoms with Gasteiger partial charge in [-0.2, -0.15) is 4.80 Å². The Balaban J connectivity index is 1.34. The van der Waals surface area contributed by atoms with Gasteiger partial charge >= 0.3 is 0 Å². The van der Waals surface area contributed by atoms with Gasteiger partial charge < -0.3 is 5.11 Å². The Morgan fingerprint density at radius 1 is 1.27 bits per heavy atom. The smallest absolute Gasteiger partial charge is 0.267 e. The number of ketones is 1. The molecule has 3 saturated carbocycles. The highest BCUT2D eigenvalue weighted by Gasteiger charge is 2.58. The SMILES string of the molecule is CC12CCC3C4CCC(O)(C(F)F)CC4=CCC3C1CCC2C(=O)Cn1ncnn1. The van der Waals surface area contributed by atoms with Crippen LogP contribution in [-0.4, -0.2) is 43.1 Å². The molecule has 0 aliphatic heterocycles. The molecule has 0 saturated heterocycles. The molecule has 0 aromatic carbocycles. The number of fused-ring (bicyclic) bond motifs is 5. The van der Waals surface area contributed by atoms with E-state index < -0.39 is 12.0 Å².